The smallest absolute Gasteiger partial charge is 0.123 e. The third-order valence-corrected chi connectivity index (χ3v) is 4.40. The molecule has 1 atom stereocenters. The van der Waals surface area contributed by atoms with E-state index in [0.717, 1.165) is 30.6 Å². The number of nitrogens with two attached hydrogens (primary N) is 1. The predicted octanol–water partition coefficient (Wildman–Crippen LogP) is 3.61. The highest BCUT2D eigenvalue weighted by molar-refractivity contribution is 7.80. The van der Waals surface area contributed by atoms with Crippen LogP contribution in [0.3, 0.4) is 0 Å². The molecule has 1 aliphatic rings. The second kappa shape index (κ2) is 7.14. The van der Waals surface area contributed by atoms with E-state index in [-0.39, 0.29) is 5.82 Å². The highest BCUT2D eigenvalue weighted by Crippen LogP contribution is 2.23. The Kier molecular flexibility index (Phi) is 5.49. The molecule has 1 unspecified atom stereocenters. The van der Waals surface area contributed by atoms with Crippen LogP contribution in [0.1, 0.15) is 50.2 Å². The number of benzene rings is 1. The lowest BCUT2D eigenvalue weighted by Crippen LogP contribution is -2.34. The summed E-state index contributed by atoms with van der Waals surface area (Å²) in [6, 6.07) is 5.29. The van der Waals surface area contributed by atoms with E-state index < -0.39 is 0 Å². The van der Waals surface area contributed by atoms with Gasteiger partial charge >= 0.3 is 0 Å². The van der Waals surface area contributed by atoms with Crippen LogP contribution in [0.2, 0.25) is 0 Å². The Bertz CT molecular complexity index is 476. The first-order chi connectivity index (χ1) is 9.61. The number of hydrogen-bond acceptors (Lipinski definition) is 2. The van der Waals surface area contributed by atoms with Gasteiger partial charge in [-0.2, -0.15) is 0 Å². The van der Waals surface area contributed by atoms with E-state index in [4.69, 9.17) is 18.0 Å². The molecule has 0 aromatic heterocycles. The van der Waals surface area contributed by atoms with Crippen LogP contribution in [0.25, 0.3) is 0 Å². The maximum Gasteiger partial charge on any atom is 0.123 e. The molecule has 2 rings (SSSR count). The Morgan fingerprint density at radius 1 is 1.40 bits per heavy atom. The molecule has 1 saturated heterocycles. The maximum atomic E-state index is 13.5. The molecule has 0 spiro atoms. The van der Waals surface area contributed by atoms with E-state index in [1.807, 2.05) is 0 Å². The summed E-state index contributed by atoms with van der Waals surface area (Å²) >= 11 is 5.08. The molecule has 4 heteroatoms. The van der Waals surface area contributed by atoms with Crippen LogP contribution in [-0.4, -0.2) is 22.5 Å². The van der Waals surface area contributed by atoms with Gasteiger partial charge in [-0.25, -0.2) is 4.39 Å². The largest absolute Gasteiger partial charge is 0.389 e. The van der Waals surface area contributed by atoms with Gasteiger partial charge in [0, 0.05) is 18.2 Å². The highest BCUT2D eigenvalue weighted by atomic mass is 32.1. The SMILES string of the molecule is CCC1CCCCCN1Cc1cc(F)ccc1C(N)=S. The summed E-state index contributed by atoms with van der Waals surface area (Å²) in [4.78, 5) is 2.81. The normalized spacial score (nSPS) is 20.6. The van der Waals surface area contributed by atoms with Crippen LogP contribution in [0.15, 0.2) is 18.2 Å². The summed E-state index contributed by atoms with van der Waals surface area (Å²) < 4.78 is 13.5. The van der Waals surface area contributed by atoms with E-state index in [1.165, 1.54) is 31.7 Å². The molecule has 2 N–H and O–H groups in total. The van der Waals surface area contributed by atoms with Crippen molar-refractivity contribution in [3.05, 3.63) is 35.1 Å². The van der Waals surface area contributed by atoms with Gasteiger partial charge in [0.25, 0.3) is 0 Å². The number of halogens is 1. The van der Waals surface area contributed by atoms with Gasteiger partial charge in [0.2, 0.25) is 0 Å². The Morgan fingerprint density at radius 2 is 2.20 bits per heavy atom. The molecule has 1 aliphatic heterocycles. The molecule has 0 saturated carbocycles. The molecule has 0 radical (unpaired) electrons. The first kappa shape index (κ1) is 15.4. The van der Waals surface area contributed by atoms with Gasteiger partial charge in [0.1, 0.15) is 10.8 Å². The second-order valence-electron chi connectivity index (χ2n) is 5.55. The van der Waals surface area contributed by atoms with Gasteiger partial charge < -0.3 is 5.73 Å². The van der Waals surface area contributed by atoms with Crippen LogP contribution in [0.5, 0.6) is 0 Å². The quantitative estimate of drug-likeness (QED) is 0.860. The molecule has 0 amide bonds. The summed E-state index contributed by atoms with van der Waals surface area (Å²) in [5, 5.41) is 0. The van der Waals surface area contributed by atoms with Crippen molar-refractivity contribution in [2.45, 2.75) is 51.6 Å². The summed E-state index contributed by atoms with van der Waals surface area (Å²) in [5.41, 5.74) is 7.48. The predicted molar refractivity (Wildman–Crippen MR) is 85.2 cm³/mol. The molecule has 1 heterocycles. The number of hydrogen-bond donors (Lipinski definition) is 1. The lowest BCUT2D eigenvalue weighted by Gasteiger charge is -2.29. The van der Waals surface area contributed by atoms with E-state index in [2.05, 4.69) is 11.8 Å². The summed E-state index contributed by atoms with van der Waals surface area (Å²) in [6.07, 6.45) is 6.17. The van der Waals surface area contributed by atoms with E-state index in [0.29, 0.717) is 11.0 Å². The number of thiocarbonyl (C=S) groups is 1. The van der Waals surface area contributed by atoms with E-state index in [9.17, 15) is 4.39 Å². The third-order valence-electron chi connectivity index (χ3n) is 4.18. The minimum atomic E-state index is -0.220. The summed E-state index contributed by atoms with van der Waals surface area (Å²) in [5.74, 6) is -0.220. The molecule has 0 aliphatic carbocycles. The Morgan fingerprint density at radius 3 is 2.90 bits per heavy atom. The van der Waals surface area contributed by atoms with E-state index in [1.54, 1.807) is 12.1 Å². The second-order valence-corrected chi connectivity index (χ2v) is 5.99. The number of likely N-dealkylation sites (tertiary alicyclic amines) is 1. The zero-order chi connectivity index (χ0) is 14.5. The average molecular weight is 294 g/mol. The van der Waals surface area contributed by atoms with Gasteiger partial charge in [0.05, 0.1) is 0 Å². The van der Waals surface area contributed by atoms with Crippen LogP contribution < -0.4 is 5.73 Å². The van der Waals surface area contributed by atoms with Crippen molar-refractivity contribution in [3.63, 3.8) is 0 Å². The van der Waals surface area contributed by atoms with Crippen LogP contribution in [0, 0.1) is 5.82 Å². The molecule has 1 aromatic carbocycles. The zero-order valence-electron chi connectivity index (χ0n) is 12.1. The average Bonchev–Trinajstić information content (AvgIpc) is 2.63. The molecule has 1 fully saturated rings. The molecular formula is C16H23FN2S. The monoisotopic (exact) mass is 294 g/mol. The topological polar surface area (TPSA) is 29.3 Å². The Labute approximate surface area is 126 Å². The Hall–Kier alpha value is -1.00. The minimum Gasteiger partial charge on any atom is -0.389 e. The lowest BCUT2D eigenvalue weighted by atomic mass is 10.0. The summed E-state index contributed by atoms with van der Waals surface area (Å²) in [7, 11) is 0. The van der Waals surface area contributed by atoms with Crippen LogP contribution in [0.4, 0.5) is 4.39 Å². The Balaban J connectivity index is 2.22. The lowest BCUT2D eigenvalue weighted by molar-refractivity contribution is 0.186. The minimum absolute atomic E-state index is 0.220. The van der Waals surface area contributed by atoms with Gasteiger partial charge in [0.15, 0.2) is 0 Å². The molecule has 1 aromatic rings. The van der Waals surface area contributed by atoms with Crippen molar-refractivity contribution in [1.29, 1.82) is 0 Å². The fourth-order valence-electron chi connectivity index (χ4n) is 3.06. The van der Waals surface area contributed by atoms with Crippen molar-refractivity contribution in [2.24, 2.45) is 5.73 Å². The number of nitrogens with zero attached hydrogens (tertiary/aromatic N) is 1. The molecule has 20 heavy (non-hydrogen) atoms. The third kappa shape index (κ3) is 3.76. The van der Waals surface area contributed by atoms with Crippen molar-refractivity contribution >= 4 is 17.2 Å². The standard InChI is InChI=1S/C16H23FN2S/c1-2-14-6-4-3-5-9-19(14)11-12-10-13(17)7-8-15(12)16(18)20/h7-8,10,14H,2-6,9,11H2,1H3,(H2,18,20). The van der Waals surface area contributed by atoms with Crippen molar-refractivity contribution in [3.8, 4) is 0 Å². The maximum absolute atomic E-state index is 13.5. The first-order valence-corrected chi connectivity index (χ1v) is 7.85. The van der Waals surface area contributed by atoms with Crippen molar-refractivity contribution in [1.82, 2.24) is 4.90 Å². The van der Waals surface area contributed by atoms with Crippen LogP contribution in [-0.2, 0) is 6.54 Å². The molecular weight excluding hydrogens is 271 g/mol. The van der Waals surface area contributed by atoms with Gasteiger partial charge in [-0.3, -0.25) is 4.90 Å². The molecule has 110 valence electrons. The fraction of sp³-hybridized carbons (Fsp3) is 0.562. The van der Waals surface area contributed by atoms with Gasteiger partial charge in [-0.15, -0.1) is 0 Å². The van der Waals surface area contributed by atoms with Crippen molar-refractivity contribution < 1.29 is 4.39 Å². The van der Waals surface area contributed by atoms with Crippen LogP contribution >= 0.6 is 12.2 Å². The molecule has 0 bridgehead atoms. The van der Waals surface area contributed by atoms with Gasteiger partial charge in [-0.05, 0) is 49.6 Å². The number of rotatable bonds is 4. The van der Waals surface area contributed by atoms with Crippen molar-refractivity contribution in [2.75, 3.05) is 6.54 Å². The van der Waals surface area contributed by atoms with Gasteiger partial charge in [-0.1, -0.05) is 32.0 Å². The fourth-order valence-corrected chi connectivity index (χ4v) is 3.26. The summed E-state index contributed by atoms with van der Waals surface area (Å²) in [6.45, 7) is 4.04. The van der Waals surface area contributed by atoms with E-state index >= 15 is 0 Å². The first-order valence-electron chi connectivity index (χ1n) is 7.44. The zero-order valence-corrected chi connectivity index (χ0v) is 12.9. The molecule has 2 nitrogen and oxygen atoms in total. The highest BCUT2D eigenvalue weighted by Gasteiger charge is 2.21.